The molecule has 0 spiro atoms. The molecule has 1 aliphatic heterocycles. The van der Waals surface area contributed by atoms with Gasteiger partial charge in [-0.05, 0) is 100 Å². The summed E-state index contributed by atoms with van der Waals surface area (Å²) in [5, 5.41) is 4.38. The Hall–Kier alpha value is -8.34. The third kappa shape index (κ3) is 5.70. The van der Waals surface area contributed by atoms with E-state index in [-0.39, 0.29) is 5.41 Å². The number of furan rings is 1. The number of para-hydroxylation sites is 4. The maximum atomic E-state index is 7.06. The second-order valence-electron chi connectivity index (χ2n) is 17.6. The van der Waals surface area contributed by atoms with Crippen molar-refractivity contribution in [2.45, 2.75) is 19.3 Å². The molecular formula is C61H42N2O2. The van der Waals surface area contributed by atoms with Crippen LogP contribution in [0.25, 0.3) is 66.1 Å². The largest absolute Gasteiger partial charge is 0.456 e. The summed E-state index contributed by atoms with van der Waals surface area (Å²) in [4.78, 5) is 4.73. The van der Waals surface area contributed by atoms with Crippen LogP contribution < -0.4 is 14.5 Å². The first-order valence-electron chi connectivity index (χ1n) is 22.3. The summed E-state index contributed by atoms with van der Waals surface area (Å²) in [7, 11) is 0. The zero-order chi connectivity index (χ0) is 43.2. The minimum absolute atomic E-state index is 0.127. The lowest BCUT2D eigenvalue weighted by Gasteiger charge is -2.31. The van der Waals surface area contributed by atoms with Crippen molar-refractivity contribution in [3.05, 3.63) is 230 Å². The van der Waals surface area contributed by atoms with Gasteiger partial charge < -0.3 is 19.0 Å². The topological polar surface area (TPSA) is 28.9 Å². The minimum atomic E-state index is -0.127. The van der Waals surface area contributed by atoms with Crippen LogP contribution in [-0.4, -0.2) is 0 Å². The van der Waals surface area contributed by atoms with Crippen LogP contribution >= 0.6 is 0 Å². The van der Waals surface area contributed by atoms with Gasteiger partial charge in [0.2, 0.25) is 0 Å². The third-order valence-corrected chi connectivity index (χ3v) is 13.6. The van der Waals surface area contributed by atoms with E-state index in [4.69, 9.17) is 9.15 Å². The van der Waals surface area contributed by atoms with Crippen LogP contribution in [0.15, 0.2) is 223 Å². The molecule has 308 valence electrons. The van der Waals surface area contributed by atoms with Crippen LogP contribution in [0, 0.1) is 0 Å². The van der Waals surface area contributed by atoms with Crippen LogP contribution in [-0.2, 0) is 5.41 Å². The molecule has 1 aliphatic carbocycles. The van der Waals surface area contributed by atoms with Gasteiger partial charge in [-0.25, -0.2) is 0 Å². The van der Waals surface area contributed by atoms with Gasteiger partial charge in [-0.3, -0.25) is 0 Å². The number of fused-ring (bicyclic) bond motifs is 8. The van der Waals surface area contributed by atoms with Crippen LogP contribution in [0.5, 0.6) is 11.5 Å². The molecule has 1 aromatic heterocycles. The fraction of sp³-hybridized carbons (Fsp3) is 0.0492. The number of anilines is 6. The van der Waals surface area contributed by atoms with E-state index in [9.17, 15) is 0 Å². The molecule has 4 nitrogen and oxygen atoms in total. The predicted molar refractivity (Wildman–Crippen MR) is 269 cm³/mol. The van der Waals surface area contributed by atoms with E-state index in [2.05, 4.69) is 230 Å². The average molecular weight is 835 g/mol. The Balaban J connectivity index is 0.972. The van der Waals surface area contributed by atoms with Crippen LogP contribution in [0.1, 0.15) is 25.0 Å². The number of ether oxygens (including phenoxy) is 1. The number of hydrogen-bond acceptors (Lipinski definition) is 4. The molecule has 0 amide bonds. The number of hydrogen-bond donors (Lipinski definition) is 0. The van der Waals surface area contributed by atoms with E-state index in [0.717, 1.165) is 101 Å². The van der Waals surface area contributed by atoms with Gasteiger partial charge in [-0.1, -0.05) is 159 Å². The quantitative estimate of drug-likeness (QED) is 0.160. The van der Waals surface area contributed by atoms with Crippen molar-refractivity contribution in [2.75, 3.05) is 9.80 Å². The van der Waals surface area contributed by atoms with Gasteiger partial charge in [0.15, 0.2) is 5.58 Å². The van der Waals surface area contributed by atoms with Crippen molar-refractivity contribution < 1.29 is 9.15 Å². The first-order valence-corrected chi connectivity index (χ1v) is 22.3. The molecule has 2 aliphatic rings. The summed E-state index contributed by atoms with van der Waals surface area (Å²) >= 11 is 0. The van der Waals surface area contributed by atoms with Gasteiger partial charge in [-0.15, -0.1) is 0 Å². The summed E-state index contributed by atoms with van der Waals surface area (Å²) in [5.74, 6) is 1.63. The summed E-state index contributed by atoms with van der Waals surface area (Å²) in [5.41, 5.74) is 17.6. The monoisotopic (exact) mass is 834 g/mol. The highest BCUT2D eigenvalue weighted by molar-refractivity contribution is 6.13. The predicted octanol–water partition coefficient (Wildman–Crippen LogP) is 17.4. The van der Waals surface area contributed by atoms with Crippen molar-refractivity contribution >= 4 is 66.8 Å². The summed E-state index contributed by atoms with van der Waals surface area (Å²) in [6, 6.07) is 78.1. The molecule has 0 atom stereocenters. The molecule has 0 saturated carbocycles. The minimum Gasteiger partial charge on any atom is -0.456 e. The third-order valence-electron chi connectivity index (χ3n) is 13.6. The van der Waals surface area contributed by atoms with E-state index in [0.29, 0.717) is 0 Å². The molecule has 65 heavy (non-hydrogen) atoms. The standard InChI is InChI=1S/C61H42N2O2/c1-61(2)51-26-12-9-22-44(51)45-33-31-41(37-52(45)61)62(40-19-7-4-8-20-40)54-36-35-48-47-34-32-42(38-58(47)64-57-30-16-25-50(54)59(48)57)63(53-27-13-10-21-43(53)39-17-5-3-6-18-39)55-28-15-24-49-46-23-11-14-29-56(46)65-60(49)55/h3-38H,1-2H3. The van der Waals surface area contributed by atoms with E-state index in [1.807, 2.05) is 12.1 Å². The van der Waals surface area contributed by atoms with E-state index in [1.54, 1.807) is 0 Å². The number of benzene rings is 10. The molecule has 0 radical (unpaired) electrons. The van der Waals surface area contributed by atoms with Gasteiger partial charge in [-0.2, -0.15) is 0 Å². The smallest absolute Gasteiger partial charge is 0.159 e. The lowest BCUT2D eigenvalue weighted by atomic mass is 9.82. The Morgan fingerprint density at radius 2 is 1.00 bits per heavy atom. The van der Waals surface area contributed by atoms with E-state index < -0.39 is 0 Å². The summed E-state index contributed by atoms with van der Waals surface area (Å²) in [6.45, 7) is 4.69. The lowest BCUT2D eigenvalue weighted by molar-refractivity contribution is 0.487. The van der Waals surface area contributed by atoms with Crippen molar-refractivity contribution in [1.82, 2.24) is 0 Å². The zero-order valence-electron chi connectivity index (χ0n) is 36.0. The van der Waals surface area contributed by atoms with Gasteiger partial charge in [0.25, 0.3) is 0 Å². The molecule has 11 aromatic rings. The van der Waals surface area contributed by atoms with E-state index >= 15 is 0 Å². The first-order chi connectivity index (χ1) is 32.0. The maximum Gasteiger partial charge on any atom is 0.159 e. The SMILES string of the molecule is CC1(C)c2ccccc2-c2ccc(N(c3ccccc3)c3ccc4c5c(cccc35)Oc3cc(N(c5ccccc5-c5ccccc5)c5cccc6c5oc5ccccc56)ccc3-4)cc21. The van der Waals surface area contributed by atoms with Crippen LogP contribution in [0.4, 0.5) is 34.1 Å². The fourth-order valence-electron chi connectivity index (χ4n) is 10.6. The molecule has 0 unspecified atom stereocenters. The van der Waals surface area contributed by atoms with Gasteiger partial charge in [0.1, 0.15) is 17.1 Å². The van der Waals surface area contributed by atoms with Crippen molar-refractivity contribution in [3.8, 4) is 44.9 Å². The second-order valence-corrected chi connectivity index (χ2v) is 17.6. The molecule has 0 saturated heterocycles. The Morgan fingerprint density at radius 1 is 0.369 bits per heavy atom. The summed E-state index contributed by atoms with van der Waals surface area (Å²) in [6.07, 6.45) is 0. The molecule has 2 heterocycles. The molecule has 0 fully saturated rings. The molecule has 0 bridgehead atoms. The highest BCUT2D eigenvalue weighted by Crippen LogP contribution is 2.55. The van der Waals surface area contributed by atoms with Crippen molar-refractivity contribution in [1.29, 1.82) is 0 Å². The van der Waals surface area contributed by atoms with E-state index in [1.165, 1.54) is 22.3 Å². The normalized spacial score (nSPS) is 13.0. The molecule has 0 N–H and O–H groups in total. The average Bonchev–Trinajstić information content (AvgIpc) is 3.85. The number of nitrogens with zero attached hydrogens (tertiary/aromatic N) is 2. The zero-order valence-corrected chi connectivity index (χ0v) is 36.0. The Labute approximate surface area is 377 Å². The van der Waals surface area contributed by atoms with Crippen molar-refractivity contribution in [2.24, 2.45) is 0 Å². The van der Waals surface area contributed by atoms with Crippen molar-refractivity contribution in [3.63, 3.8) is 0 Å². The van der Waals surface area contributed by atoms with Gasteiger partial charge in [0, 0.05) is 55.5 Å². The fourth-order valence-corrected chi connectivity index (χ4v) is 10.6. The molecular weight excluding hydrogens is 793 g/mol. The summed E-state index contributed by atoms with van der Waals surface area (Å²) < 4.78 is 13.8. The lowest BCUT2D eigenvalue weighted by Crippen LogP contribution is -2.16. The Morgan fingerprint density at radius 3 is 1.86 bits per heavy atom. The second kappa shape index (κ2) is 14.3. The molecule has 4 heteroatoms. The van der Waals surface area contributed by atoms with Crippen LogP contribution in [0.3, 0.4) is 0 Å². The van der Waals surface area contributed by atoms with Gasteiger partial charge >= 0.3 is 0 Å². The Kier molecular flexibility index (Phi) is 8.22. The van der Waals surface area contributed by atoms with Gasteiger partial charge in [0.05, 0.1) is 22.7 Å². The number of rotatable bonds is 7. The molecule has 10 aromatic carbocycles. The maximum absolute atomic E-state index is 7.06. The highest BCUT2D eigenvalue weighted by Gasteiger charge is 2.36. The van der Waals surface area contributed by atoms with Crippen LogP contribution in [0.2, 0.25) is 0 Å². The Bertz CT molecular complexity index is 3680. The highest BCUT2D eigenvalue weighted by atomic mass is 16.5. The molecule has 13 rings (SSSR count). The first kappa shape index (κ1) is 37.2.